The summed E-state index contributed by atoms with van der Waals surface area (Å²) in [5.41, 5.74) is 1.77. The quantitative estimate of drug-likeness (QED) is 0.872. The van der Waals surface area contributed by atoms with E-state index in [1.54, 1.807) is 13.2 Å². The number of carbonyl (C=O) groups excluding carboxylic acids is 1. The molecule has 1 atom stereocenters. The van der Waals surface area contributed by atoms with E-state index in [0.717, 1.165) is 38.4 Å². The van der Waals surface area contributed by atoms with Gasteiger partial charge < -0.3 is 14.8 Å². The second kappa shape index (κ2) is 8.48. The maximum atomic E-state index is 12.0. The molecule has 122 valence electrons. The van der Waals surface area contributed by atoms with Crippen LogP contribution in [0.5, 0.6) is 0 Å². The molecule has 1 amide bonds. The molecule has 0 saturated carbocycles. The highest BCUT2D eigenvalue weighted by Crippen LogP contribution is 2.23. The second-order valence-corrected chi connectivity index (χ2v) is 5.95. The first kappa shape index (κ1) is 17.2. The van der Waals surface area contributed by atoms with Gasteiger partial charge in [-0.1, -0.05) is 24.6 Å². The fourth-order valence-electron chi connectivity index (χ4n) is 2.34. The van der Waals surface area contributed by atoms with Crippen LogP contribution in [0.15, 0.2) is 18.2 Å². The van der Waals surface area contributed by atoms with Crippen molar-refractivity contribution in [3.05, 3.63) is 28.8 Å². The lowest BCUT2D eigenvalue weighted by atomic mass is 10.1. The SMILES string of the molecule is COC[C@H](C)C(=O)Nc1ccc(CN2CCOCC2)c(Cl)c1. The third kappa shape index (κ3) is 4.95. The Bertz CT molecular complexity index is 504. The van der Waals surface area contributed by atoms with Crippen molar-refractivity contribution in [3.63, 3.8) is 0 Å². The van der Waals surface area contributed by atoms with Gasteiger partial charge in [-0.25, -0.2) is 0 Å². The summed E-state index contributed by atoms with van der Waals surface area (Å²) in [6, 6.07) is 5.65. The third-order valence-corrected chi connectivity index (χ3v) is 4.03. The molecule has 6 heteroatoms. The van der Waals surface area contributed by atoms with Crippen molar-refractivity contribution in [2.24, 2.45) is 5.92 Å². The predicted molar refractivity (Wildman–Crippen MR) is 87.2 cm³/mol. The van der Waals surface area contributed by atoms with E-state index in [0.29, 0.717) is 17.3 Å². The van der Waals surface area contributed by atoms with Crippen LogP contribution in [0.4, 0.5) is 5.69 Å². The molecule has 1 fully saturated rings. The van der Waals surface area contributed by atoms with E-state index in [2.05, 4.69) is 10.2 Å². The molecule has 0 radical (unpaired) electrons. The topological polar surface area (TPSA) is 50.8 Å². The molecule has 22 heavy (non-hydrogen) atoms. The van der Waals surface area contributed by atoms with E-state index in [9.17, 15) is 4.79 Å². The van der Waals surface area contributed by atoms with Gasteiger partial charge in [0.25, 0.3) is 0 Å². The van der Waals surface area contributed by atoms with Gasteiger partial charge in [0.15, 0.2) is 0 Å². The normalized spacial score (nSPS) is 17.2. The minimum atomic E-state index is -0.197. The third-order valence-electron chi connectivity index (χ3n) is 3.68. The van der Waals surface area contributed by atoms with E-state index in [1.807, 2.05) is 19.1 Å². The molecule has 0 aliphatic carbocycles. The van der Waals surface area contributed by atoms with Gasteiger partial charge in [-0.15, -0.1) is 0 Å². The van der Waals surface area contributed by atoms with Crippen molar-refractivity contribution in [1.82, 2.24) is 4.90 Å². The van der Waals surface area contributed by atoms with Crippen LogP contribution in [0, 0.1) is 5.92 Å². The largest absolute Gasteiger partial charge is 0.384 e. The van der Waals surface area contributed by atoms with Crippen LogP contribution in [0.3, 0.4) is 0 Å². The van der Waals surface area contributed by atoms with Gasteiger partial charge in [0.05, 0.1) is 25.7 Å². The van der Waals surface area contributed by atoms with Gasteiger partial charge in [0, 0.05) is 37.5 Å². The lowest BCUT2D eigenvalue weighted by molar-refractivity contribution is -0.120. The van der Waals surface area contributed by atoms with E-state index in [1.165, 1.54) is 0 Å². The number of nitrogens with zero attached hydrogens (tertiary/aromatic N) is 1. The van der Waals surface area contributed by atoms with Crippen LogP contribution in [0.25, 0.3) is 0 Å². The summed E-state index contributed by atoms with van der Waals surface area (Å²) < 4.78 is 10.3. The van der Waals surface area contributed by atoms with Crippen molar-refractivity contribution in [3.8, 4) is 0 Å². The summed E-state index contributed by atoms with van der Waals surface area (Å²) >= 11 is 6.34. The maximum Gasteiger partial charge on any atom is 0.229 e. The number of carbonyl (C=O) groups is 1. The number of hydrogen-bond donors (Lipinski definition) is 1. The van der Waals surface area contributed by atoms with E-state index >= 15 is 0 Å². The van der Waals surface area contributed by atoms with Gasteiger partial charge in [0.1, 0.15) is 0 Å². The number of anilines is 1. The van der Waals surface area contributed by atoms with Crippen LogP contribution >= 0.6 is 11.6 Å². The smallest absolute Gasteiger partial charge is 0.229 e. The second-order valence-electron chi connectivity index (χ2n) is 5.54. The Morgan fingerprint density at radius 3 is 2.82 bits per heavy atom. The highest BCUT2D eigenvalue weighted by Gasteiger charge is 2.15. The van der Waals surface area contributed by atoms with E-state index < -0.39 is 0 Å². The fourth-order valence-corrected chi connectivity index (χ4v) is 2.58. The molecular formula is C16H23ClN2O3. The number of ether oxygens (including phenoxy) is 2. The van der Waals surface area contributed by atoms with Crippen LogP contribution in [-0.2, 0) is 20.8 Å². The summed E-state index contributed by atoms with van der Waals surface area (Å²) in [6.07, 6.45) is 0. The van der Waals surface area contributed by atoms with Gasteiger partial charge in [-0.05, 0) is 17.7 Å². The number of methoxy groups -OCH3 is 1. The summed E-state index contributed by atoms with van der Waals surface area (Å²) in [7, 11) is 1.58. The summed E-state index contributed by atoms with van der Waals surface area (Å²) in [4.78, 5) is 14.3. The Kier molecular flexibility index (Phi) is 6.64. The van der Waals surface area contributed by atoms with Crippen LogP contribution in [-0.4, -0.2) is 50.8 Å². The van der Waals surface area contributed by atoms with Crippen LogP contribution in [0.1, 0.15) is 12.5 Å². The van der Waals surface area contributed by atoms with E-state index in [4.69, 9.17) is 21.1 Å². The number of hydrogen-bond acceptors (Lipinski definition) is 4. The van der Waals surface area contributed by atoms with Gasteiger partial charge >= 0.3 is 0 Å². The number of halogens is 1. The lowest BCUT2D eigenvalue weighted by Crippen LogP contribution is -2.35. The highest BCUT2D eigenvalue weighted by molar-refractivity contribution is 6.31. The average molecular weight is 327 g/mol. The molecular weight excluding hydrogens is 304 g/mol. The highest BCUT2D eigenvalue weighted by atomic mass is 35.5. The Morgan fingerprint density at radius 1 is 1.45 bits per heavy atom. The Hall–Kier alpha value is -1.14. The van der Waals surface area contributed by atoms with Gasteiger partial charge in [0.2, 0.25) is 5.91 Å². The minimum Gasteiger partial charge on any atom is -0.384 e. The molecule has 1 heterocycles. The number of benzene rings is 1. The zero-order chi connectivity index (χ0) is 15.9. The number of amides is 1. The maximum absolute atomic E-state index is 12.0. The molecule has 1 aliphatic heterocycles. The molecule has 0 aromatic heterocycles. The Labute approximate surface area is 136 Å². The van der Waals surface area contributed by atoms with Crippen molar-refractivity contribution >= 4 is 23.2 Å². The molecule has 5 nitrogen and oxygen atoms in total. The lowest BCUT2D eigenvalue weighted by Gasteiger charge is -2.27. The summed E-state index contributed by atoms with van der Waals surface area (Å²) in [6.45, 7) is 6.40. The monoisotopic (exact) mass is 326 g/mol. The molecule has 0 bridgehead atoms. The standard InChI is InChI=1S/C16H23ClN2O3/c1-12(11-21-2)16(20)18-14-4-3-13(15(17)9-14)10-19-5-7-22-8-6-19/h3-4,9,12H,5-8,10-11H2,1-2H3,(H,18,20)/t12-/m0/s1. The Morgan fingerprint density at radius 2 is 2.18 bits per heavy atom. The minimum absolute atomic E-state index is 0.0705. The zero-order valence-corrected chi connectivity index (χ0v) is 13.9. The van der Waals surface area contributed by atoms with Crippen molar-refractivity contribution in [2.45, 2.75) is 13.5 Å². The first-order valence-corrected chi connectivity index (χ1v) is 7.86. The van der Waals surface area contributed by atoms with E-state index in [-0.39, 0.29) is 11.8 Å². The van der Waals surface area contributed by atoms with Crippen molar-refractivity contribution in [1.29, 1.82) is 0 Å². The molecule has 2 rings (SSSR count). The zero-order valence-electron chi connectivity index (χ0n) is 13.1. The first-order chi connectivity index (χ1) is 10.6. The molecule has 1 aromatic rings. The fraction of sp³-hybridized carbons (Fsp3) is 0.562. The van der Waals surface area contributed by atoms with Crippen molar-refractivity contribution < 1.29 is 14.3 Å². The van der Waals surface area contributed by atoms with Gasteiger partial charge in [-0.3, -0.25) is 9.69 Å². The summed E-state index contributed by atoms with van der Waals surface area (Å²) in [5.74, 6) is -0.268. The average Bonchev–Trinajstić information content (AvgIpc) is 2.51. The molecule has 1 N–H and O–H groups in total. The molecule has 1 aromatic carbocycles. The number of morpholine rings is 1. The van der Waals surface area contributed by atoms with Crippen LogP contribution < -0.4 is 5.32 Å². The van der Waals surface area contributed by atoms with Crippen LogP contribution in [0.2, 0.25) is 5.02 Å². The first-order valence-electron chi connectivity index (χ1n) is 7.48. The van der Waals surface area contributed by atoms with Gasteiger partial charge in [-0.2, -0.15) is 0 Å². The molecule has 1 saturated heterocycles. The summed E-state index contributed by atoms with van der Waals surface area (Å²) in [5, 5.41) is 3.53. The molecule has 0 spiro atoms. The van der Waals surface area contributed by atoms with Crippen molar-refractivity contribution in [2.75, 3.05) is 45.3 Å². The predicted octanol–water partition coefficient (Wildman–Crippen LogP) is 2.39. The molecule has 0 unspecified atom stereocenters. The number of rotatable bonds is 6. The Balaban J connectivity index is 1.95. The number of nitrogens with one attached hydrogen (secondary N) is 1. The molecule has 1 aliphatic rings.